The maximum atomic E-state index is 14.1. The van der Waals surface area contributed by atoms with Crippen LogP contribution in [0, 0.1) is 17.8 Å². The average Bonchev–Trinajstić information content (AvgIpc) is 3.80. The highest BCUT2D eigenvalue weighted by atomic mass is 16.6. The normalized spacial score (nSPS) is 19.8. The molecule has 1 saturated heterocycles. The average molecular weight is 744 g/mol. The number of methoxy groups -OCH3 is 2. The van der Waals surface area contributed by atoms with Gasteiger partial charge in [0.2, 0.25) is 23.6 Å². The van der Waals surface area contributed by atoms with E-state index in [1.165, 1.54) is 7.11 Å². The Morgan fingerprint density at radius 2 is 1.57 bits per heavy atom. The Kier molecular flexibility index (Phi) is 15.4. The molecule has 1 aliphatic carbocycles. The van der Waals surface area contributed by atoms with E-state index in [4.69, 9.17) is 19.9 Å². The van der Waals surface area contributed by atoms with Gasteiger partial charge in [-0.1, -0.05) is 51.1 Å². The summed E-state index contributed by atoms with van der Waals surface area (Å²) in [6.07, 6.45) is 2.18. The van der Waals surface area contributed by atoms with Crippen LogP contribution in [-0.4, -0.2) is 115 Å². The highest BCUT2D eigenvalue weighted by Crippen LogP contribution is 2.39. The topological polar surface area (TPSA) is 170 Å². The zero-order valence-electron chi connectivity index (χ0n) is 33.8. The molecule has 1 aromatic carbocycles. The van der Waals surface area contributed by atoms with Crippen molar-refractivity contribution in [1.82, 2.24) is 20.4 Å². The summed E-state index contributed by atoms with van der Waals surface area (Å²) in [6, 6.07) is 6.93. The quantitative estimate of drug-likeness (QED) is 0.191. The molecule has 0 unspecified atom stereocenters. The number of nitrogens with zero attached hydrogens (tertiary/aromatic N) is 2. The third-order valence-corrected chi connectivity index (χ3v) is 10.2. The van der Waals surface area contributed by atoms with Crippen LogP contribution in [0.1, 0.15) is 93.1 Å². The Hall–Kier alpha value is -3.55. The molecule has 13 nitrogen and oxygen atoms in total. The number of hydrogen-bond acceptors (Lipinski definition) is 9. The van der Waals surface area contributed by atoms with Gasteiger partial charge in [-0.15, -0.1) is 0 Å². The van der Waals surface area contributed by atoms with Crippen LogP contribution in [0.3, 0.4) is 0 Å². The number of rotatable bonds is 18. The number of nitrogens with two attached hydrogens (primary N) is 1. The lowest BCUT2D eigenvalue weighted by Gasteiger charge is -2.39. The second-order valence-corrected chi connectivity index (χ2v) is 16.7. The number of carbonyl (C=O) groups excluding carboxylic acids is 5. The molecule has 53 heavy (non-hydrogen) atoms. The van der Waals surface area contributed by atoms with Gasteiger partial charge in [0.1, 0.15) is 17.7 Å². The van der Waals surface area contributed by atoms with Crippen molar-refractivity contribution >= 4 is 29.6 Å². The van der Waals surface area contributed by atoms with E-state index in [0.717, 1.165) is 24.8 Å². The van der Waals surface area contributed by atoms with Crippen molar-refractivity contribution in [3.05, 3.63) is 35.9 Å². The lowest BCUT2D eigenvalue weighted by Crippen LogP contribution is -2.60. The summed E-state index contributed by atoms with van der Waals surface area (Å²) >= 11 is 0. The van der Waals surface area contributed by atoms with E-state index < -0.39 is 59.3 Å². The van der Waals surface area contributed by atoms with Crippen molar-refractivity contribution in [2.75, 3.05) is 27.8 Å². The SMILES string of the molecule is CO[C@H]([C@@H](C)C(=O)N[C@@H](Cc1ccccc1)C(=O)OC(C)(C)C)[C@@H]1CCCN1C(=O)C[C@@H](OC)[C@H](C1CC1)N(C)C(=O)[C@@H](NC(=O)C(C)(C)N)C(C)C. The first-order valence-electron chi connectivity index (χ1n) is 19.0. The van der Waals surface area contributed by atoms with Gasteiger partial charge in [-0.2, -0.15) is 0 Å². The van der Waals surface area contributed by atoms with E-state index in [1.54, 1.807) is 65.5 Å². The Bertz CT molecular complexity index is 1400. The van der Waals surface area contributed by atoms with Crippen molar-refractivity contribution in [1.29, 1.82) is 0 Å². The number of nitrogens with one attached hydrogen (secondary N) is 2. The summed E-state index contributed by atoms with van der Waals surface area (Å²) in [5.74, 6) is -2.51. The smallest absolute Gasteiger partial charge is 0.329 e. The number of benzene rings is 1. The molecule has 1 saturated carbocycles. The first-order chi connectivity index (χ1) is 24.7. The van der Waals surface area contributed by atoms with Gasteiger partial charge in [-0.05, 0) is 77.7 Å². The number of likely N-dealkylation sites (tertiary alicyclic amines) is 1. The molecule has 2 fully saturated rings. The van der Waals surface area contributed by atoms with Gasteiger partial charge in [0.25, 0.3) is 0 Å². The van der Waals surface area contributed by atoms with Crippen molar-refractivity contribution in [3.63, 3.8) is 0 Å². The van der Waals surface area contributed by atoms with E-state index in [0.29, 0.717) is 13.0 Å². The molecule has 4 amide bonds. The van der Waals surface area contributed by atoms with Gasteiger partial charge in [-0.25, -0.2) is 4.79 Å². The molecule has 1 aliphatic heterocycles. The van der Waals surface area contributed by atoms with E-state index in [-0.39, 0.29) is 48.4 Å². The number of amides is 4. The first-order valence-corrected chi connectivity index (χ1v) is 19.0. The first kappa shape index (κ1) is 43.9. The zero-order valence-corrected chi connectivity index (χ0v) is 33.8. The monoisotopic (exact) mass is 743 g/mol. The summed E-state index contributed by atoms with van der Waals surface area (Å²) in [6.45, 7) is 14.5. The summed E-state index contributed by atoms with van der Waals surface area (Å²) in [4.78, 5) is 71.3. The van der Waals surface area contributed by atoms with Crippen molar-refractivity contribution in [2.24, 2.45) is 23.5 Å². The maximum Gasteiger partial charge on any atom is 0.329 e. The van der Waals surface area contributed by atoms with Crippen LogP contribution in [0.15, 0.2) is 30.3 Å². The molecule has 13 heteroatoms. The molecule has 1 aromatic rings. The Balaban J connectivity index is 1.76. The van der Waals surface area contributed by atoms with Gasteiger partial charge >= 0.3 is 5.97 Å². The Morgan fingerprint density at radius 3 is 2.08 bits per heavy atom. The predicted octanol–water partition coefficient (Wildman–Crippen LogP) is 3.22. The van der Waals surface area contributed by atoms with Crippen LogP contribution in [0.4, 0.5) is 0 Å². The molecule has 298 valence electrons. The standard InChI is InChI=1S/C40H65N5O8/c1-24(2)32(43-38(50)40(7,8)41)36(48)44(9)33(27-19-20-27)30(51-10)23-31(46)45-21-15-18-29(45)34(52-11)25(3)35(47)42-28(37(49)53-39(4,5)6)22-26-16-13-12-14-17-26/h12-14,16-17,24-25,27-30,32-34H,15,18-23,41H2,1-11H3,(H,42,47)(H,43,50)/t25-,28+,29+,30-,32+,33+,34-/m1/s1. The molecule has 4 N–H and O–H groups in total. The molecular weight excluding hydrogens is 678 g/mol. The molecule has 0 radical (unpaired) electrons. The summed E-state index contributed by atoms with van der Waals surface area (Å²) < 4.78 is 17.6. The third-order valence-electron chi connectivity index (χ3n) is 10.2. The number of hydrogen-bond donors (Lipinski definition) is 3. The minimum Gasteiger partial charge on any atom is -0.458 e. The van der Waals surface area contributed by atoms with Crippen molar-refractivity contribution < 1.29 is 38.2 Å². The Labute approximate surface area is 316 Å². The number of carbonyl (C=O) groups is 5. The molecule has 3 rings (SSSR count). The molecular formula is C40H65N5O8. The largest absolute Gasteiger partial charge is 0.458 e. The van der Waals surface area contributed by atoms with Gasteiger partial charge < -0.3 is 40.4 Å². The van der Waals surface area contributed by atoms with Crippen LogP contribution >= 0.6 is 0 Å². The molecule has 7 atom stereocenters. The summed E-state index contributed by atoms with van der Waals surface area (Å²) in [5, 5.41) is 5.75. The van der Waals surface area contributed by atoms with Crippen LogP contribution in [0.2, 0.25) is 0 Å². The number of ether oxygens (including phenoxy) is 3. The van der Waals surface area contributed by atoms with Crippen molar-refractivity contribution in [2.45, 2.75) is 141 Å². The number of esters is 1. The third kappa shape index (κ3) is 12.2. The fourth-order valence-electron chi connectivity index (χ4n) is 7.15. The molecule has 2 aliphatic rings. The fourth-order valence-corrected chi connectivity index (χ4v) is 7.15. The van der Waals surface area contributed by atoms with Crippen LogP contribution < -0.4 is 16.4 Å². The lowest BCUT2D eigenvalue weighted by molar-refractivity contribution is -0.159. The second kappa shape index (κ2) is 18.7. The molecule has 0 aromatic heterocycles. The van der Waals surface area contributed by atoms with E-state index >= 15 is 0 Å². The minimum atomic E-state index is -1.16. The molecule has 0 spiro atoms. The second-order valence-electron chi connectivity index (χ2n) is 16.7. The van der Waals surface area contributed by atoms with Crippen LogP contribution in [-0.2, 0) is 44.6 Å². The summed E-state index contributed by atoms with van der Waals surface area (Å²) in [7, 11) is 4.79. The Morgan fingerprint density at radius 1 is 0.943 bits per heavy atom. The minimum absolute atomic E-state index is 0.0229. The van der Waals surface area contributed by atoms with Gasteiger partial charge in [-0.3, -0.25) is 19.2 Å². The summed E-state index contributed by atoms with van der Waals surface area (Å²) in [5.41, 5.74) is 5.00. The highest BCUT2D eigenvalue weighted by molar-refractivity contribution is 5.92. The van der Waals surface area contributed by atoms with Crippen LogP contribution in [0.5, 0.6) is 0 Å². The van der Waals surface area contributed by atoms with Gasteiger partial charge in [0.15, 0.2) is 0 Å². The maximum absolute atomic E-state index is 14.1. The van der Waals surface area contributed by atoms with E-state index in [9.17, 15) is 24.0 Å². The van der Waals surface area contributed by atoms with Crippen LogP contribution in [0.25, 0.3) is 0 Å². The van der Waals surface area contributed by atoms with Gasteiger partial charge in [0, 0.05) is 34.2 Å². The molecule has 0 bridgehead atoms. The highest BCUT2D eigenvalue weighted by Gasteiger charge is 2.46. The fraction of sp³-hybridized carbons (Fsp3) is 0.725. The zero-order chi connectivity index (χ0) is 39.8. The predicted molar refractivity (Wildman–Crippen MR) is 202 cm³/mol. The van der Waals surface area contributed by atoms with E-state index in [1.807, 2.05) is 44.2 Å². The van der Waals surface area contributed by atoms with Gasteiger partial charge in [0.05, 0.1) is 42.2 Å². The number of likely N-dealkylation sites (N-methyl/N-ethyl adjacent to an activating group) is 1. The molecule has 1 heterocycles. The lowest BCUT2D eigenvalue weighted by atomic mass is 9.93. The van der Waals surface area contributed by atoms with E-state index in [2.05, 4.69) is 10.6 Å². The van der Waals surface area contributed by atoms with Crippen molar-refractivity contribution in [3.8, 4) is 0 Å².